The molecule has 1 heterocycles. The first-order valence-electron chi connectivity index (χ1n) is 7.49. The molecule has 0 aromatic carbocycles. The molecule has 21 heavy (non-hydrogen) atoms. The first kappa shape index (κ1) is 23.5. The van der Waals surface area contributed by atoms with Gasteiger partial charge in [0, 0.05) is 26.2 Å². The Balaban J connectivity index is 0. The third-order valence-corrected chi connectivity index (χ3v) is 3.89. The van der Waals surface area contributed by atoms with E-state index in [4.69, 9.17) is 10.5 Å². The quantitative estimate of drug-likeness (QED) is 0.292. The van der Waals surface area contributed by atoms with E-state index >= 15 is 0 Å². The second kappa shape index (κ2) is 15.2. The van der Waals surface area contributed by atoms with Gasteiger partial charge in [-0.25, -0.2) is 0 Å². The maximum Gasteiger partial charge on any atom is 3.00 e. The van der Waals surface area contributed by atoms with E-state index in [2.05, 4.69) is 47.8 Å². The molecule has 1 saturated heterocycles. The predicted octanol–water partition coefficient (Wildman–Crippen LogP) is -1.87. The van der Waals surface area contributed by atoms with E-state index in [-0.39, 0.29) is 17.1 Å². The minimum absolute atomic E-state index is 0. The van der Waals surface area contributed by atoms with Crippen LogP contribution in [-0.2, 0) is 17.1 Å². The van der Waals surface area contributed by atoms with Crippen LogP contribution in [0.1, 0.15) is 12.8 Å². The van der Waals surface area contributed by atoms with Crippen LogP contribution in [0.3, 0.4) is 0 Å². The molecule has 6 nitrogen and oxygen atoms in total. The molecule has 1 fully saturated rings. The van der Waals surface area contributed by atoms with Gasteiger partial charge in [0.1, 0.15) is 0 Å². The molecule has 127 valence electrons. The van der Waals surface area contributed by atoms with Crippen LogP contribution in [0.5, 0.6) is 0 Å². The van der Waals surface area contributed by atoms with Crippen LogP contribution in [0.25, 0.3) is 0 Å². The van der Waals surface area contributed by atoms with Crippen molar-refractivity contribution < 1.29 is 27.6 Å². The molecule has 0 aliphatic carbocycles. The van der Waals surface area contributed by atoms with Gasteiger partial charge in [-0.15, -0.1) is 0 Å². The Morgan fingerprint density at radius 3 is 0.857 bits per heavy atom. The van der Waals surface area contributed by atoms with Crippen molar-refractivity contribution in [1.82, 2.24) is 19.6 Å². The molecule has 0 amide bonds. The molecule has 1 aliphatic heterocycles. The van der Waals surface area contributed by atoms with Crippen molar-refractivity contribution in [3.63, 3.8) is 0 Å². The van der Waals surface area contributed by atoms with Gasteiger partial charge in [0.05, 0.1) is 0 Å². The SMILES string of the molecule is CN1CCCN(C)CCN(C)CCCN(C)CC1.[Fe+3].[O-][O-]. The van der Waals surface area contributed by atoms with Crippen LogP contribution in [0.2, 0.25) is 0 Å². The number of rotatable bonds is 0. The standard InChI is InChI=1S/C14H32N4.Fe.O2/c1-15-7-5-8-17(3)13-14-18(4)10-6-9-16(2)12-11-15;;1-2/h5-14H2,1-4H3;;/q;+3;-2. The largest absolute Gasteiger partial charge is 3.00 e. The van der Waals surface area contributed by atoms with Gasteiger partial charge in [0.15, 0.2) is 0 Å². The summed E-state index contributed by atoms with van der Waals surface area (Å²) >= 11 is 0. The zero-order chi connectivity index (χ0) is 15.4. The Hall–Kier alpha value is 0.279. The summed E-state index contributed by atoms with van der Waals surface area (Å²) in [4.78, 5) is 9.84. The monoisotopic (exact) mass is 344 g/mol. The number of likely N-dealkylation sites (N-methyl/N-ethyl adjacent to an activating group) is 4. The van der Waals surface area contributed by atoms with Crippen molar-refractivity contribution in [2.24, 2.45) is 0 Å². The zero-order valence-electron chi connectivity index (χ0n) is 14.0. The Morgan fingerprint density at radius 2 is 0.667 bits per heavy atom. The topological polar surface area (TPSA) is 59.1 Å². The van der Waals surface area contributed by atoms with Crippen LogP contribution < -0.4 is 10.5 Å². The van der Waals surface area contributed by atoms with Gasteiger partial charge in [-0.1, -0.05) is 0 Å². The van der Waals surface area contributed by atoms with Gasteiger partial charge in [0.25, 0.3) is 0 Å². The summed E-state index contributed by atoms with van der Waals surface area (Å²) < 4.78 is 0. The summed E-state index contributed by atoms with van der Waals surface area (Å²) in [5, 5.41) is 14.0. The molecule has 7 heteroatoms. The second-order valence-electron chi connectivity index (χ2n) is 5.92. The van der Waals surface area contributed by atoms with Crippen LogP contribution in [0.15, 0.2) is 0 Å². The molecule has 0 unspecified atom stereocenters. The molecule has 0 aromatic heterocycles. The van der Waals surface area contributed by atoms with Gasteiger partial charge >= 0.3 is 17.1 Å². The molecule has 0 N–H and O–H groups in total. The van der Waals surface area contributed by atoms with Gasteiger partial charge < -0.3 is 30.1 Å². The van der Waals surface area contributed by atoms with Gasteiger partial charge in [-0.2, -0.15) is 0 Å². The minimum Gasteiger partial charge on any atom is -1.00 e. The molecule has 0 aromatic rings. The number of nitrogens with zero attached hydrogens (tertiary/aromatic N) is 4. The van der Waals surface area contributed by atoms with Crippen LogP contribution in [-0.4, -0.2) is 100 Å². The Morgan fingerprint density at radius 1 is 0.476 bits per heavy atom. The smallest absolute Gasteiger partial charge is 1.00 e. The van der Waals surface area contributed by atoms with Crippen LogP contribution >= 0.6 is 0 Å². The number of hydrogen-bond acceptors (Lipinski definition) is 6. The fourth-order valence-corrected chi connectivity index (χ4v) is 2.35. The molecule has 0 saturated carbocycles. The van der Waals surface area contributed by atoms with Crippen LogP contribution in [0, 0.1) is 0 Å². The molecule has 0 atom stereocenters. The van der Waals surface area contributed by atoms with E-state index in [0.717, 1.165) is 0 Å². The van der Waals surface area contributed by atoms with Crippen molar-refractivity contribution in [2.45, 2.75) is 12.8 Å². The third-order valence-electron chi connectivity index (χ3n) is 3.89. The van der Waals surface area contributed by atoms with Crippen molar-refractivity contribution in [1.29, 1.82) is 0 Å². The van der Waals surface area contributed by atoms with E-state index in [0.29, 0.717) is 0 Å². The summed E-state index contributed by atoms with van der Waals surface area (Å²) in [7, 11) is 8.97. The first-order chi connectivity index (χ1) is 9.58. The summed E-state index contributed by atoms with van der Waals surface area (Å²) in [6.45, 7) is 9.63. The molecular weight excluding hydrogens is 312 g/mol. The Kier molecular flexibility index (Phi) is 17.0. The molecule has 1 radical (unpaired) electrons. The average molecular weight is 344 g/mol. The normalized spacial score (nSPS) is 22.6. The van der Waals surface area contributed by atoms with Crippen molar-refractivity contribution in [3.05, 3.63) is 0 Å². The van der Waals surface area contributed by atoms with E-state index in [1.54, 1.807) is 0 Å². The number of hydrogen-bond donors (Lipinski definition) is 0. The molecule has 1 aliphatic rings. The Labute approximate surface area is 141 Å². The van der Waals surface area contributed by atoms with E-state index in [1.807, 2.05) is 0 Å². The zero-order valence-corrected chi connectivity index (χ0v) is 15.1. The van der Waals surface area contributed by atoms with Crippen molar-refractivity contribution in [3.8, 4) is 0 Å². The fraction of sp³-hybridized carbons (Fsp3) is 1.00. The maximum absolute atomic E-state index is 7.00. The molecule has 0 bridgehead atoms. The van der Waals surface area contributed by atoms with E-state index < -0.39 is 0 Å². The molecular formula is C14H32FeN4O2+. The molecule has 1 rings (SSSR count). The van der Waals surface area contributed by atoms with Crippen molar-refractivity contribution in [2.75, 3.05) is 80.5 Å². The van der Waals surface area contributed by atoms with Gasteiger partial charge in [-0.3, -0.25) is 0 Å². The van der Waals surface area contributed by atoms with Gasteiger partial charge in [0.2, 0.25) is 0 Å². The second-order valence-corrected chi connectivity index (χ2v) is 5.92. The van der Waals surface area contributed by atoms with Gasteiger partial charge in [-0.05, 0) is 67.2 Å². The fourth-order valence-electron chi connectivity index (χ4n) is 2.35. The average Bonchev–Trinajstić information content (AvgIpc) is 2.44. The van der Waals surface area contributed by atoms with Crippen molar-refractivity contribution >= 4 is 0 Å². The minimum atomic E-state index is 0. The Bertz CT molecular complexity index is 183. The molecule has 0 spiro atoms. The first-order valence-corrected chi connectivity index (χ1v) is 7.49. The maximum atomic E-state index is 7.00. The summed E-state index contributed by atoms with van der Waals surface area (Å²) in [5.74, 6) is 0. The summed E-state index contributed by atoms with van der Waals surface area (Å²) in [6, 6.07) is 0. The van der Waals surface area contributed by atoms with Crippen LogP contribution in [0.4, 0.5) is 0 Å². The van der Waals surface area contributed by atoms with E-state index in [1.165, 1.54) is 65.2 Å². The summed E-state index contributed by atoms with van der Waals surface area (Å²) in [6.07, 6.45) is 2.56. The van der Waals surface area contributed by atoms with E-state index in [9.17, 15) is 0 Å². The third kappa shape index (κ3) is 13.7. The predicted molar refractivity (Wildman–Crippen MR) is 79.2 cm³/mol. The summed E-state index contributed by atoms with van der Waals surface area (Å²) in [5.41, 5.74) is 0.